The van der Waals surface area contributed by atoms with Crippen LogP contribution in [0.4, 0.5) is 15.3 Å². The average molecular weight is 408 g/mol. The van der Waals surface area contributed by atoms with Gasteiger partial charge in [0.25, 0.3) is 5.69 Å². The van der Waals surface area contributed by atoms with E-state index in [1.165, 1.54) is 12.1 Å². The molecular weight excluding hydrogens is 384 g/mol. The first-order valence-electron chi connectivity index (χ1n) is 9.27. The normalized spacial score (nSPS) is 22.1. The second-order valence-electron chi connectivity index (χ2n) is 6.98. The molecule has 152 valence electrons. The van der Waals surface area contributed by atoms with E-state index in [0.29, 0.717) is 44.7 Å². The Hall–Kier alpha value is -2.49. The average Bonchev–Trinajstić information content (AvgIpc) is 3.22. The quantitative estimate of drug-likeness (QED) is 0.443. The predicted molar refractivity (Wildman–Crippen MR) is 105 cm³/mol. The monoisotopic (exact) mass is 408 g/mol. The molecule has 2 atom stereocenters. The second kappa shape index (κ2) is 8.68. The van der Waals surface area contributed by atoms with Crippen LogP contribution >= 0.6 is 12.6 Å². The number of urea groups is 1. The summed E-state index contributed by atoms with van der Waals surface area (Å²) in [7, 11) is 0. The predicted octanol–water partition coefficient (Wildman–Crippen LogP) is 2.36. The van der Waals surface area contributed by atoms with Crippen molar-refractivity contribution in [3.05, 3.63) is 39.9 Å². The van der Waals surface area contributed by atoms with Gasteiger partial charge in [0.2, 0.25) is 0 Å². The molecule has 0 spiro atoms. The Kier molecular flexibility index (Phi) is 6.28. The number of ether oxygens (including phenoxy) is 1. The molecule has 1 aromatic rings. The van der Waals surface area contributed by atoms with Crippen molar-refractivity contribution in [2.24, 2.45) is 0 Å². The number of benzene rings is 1. The molecule has 0 bridgehead atoms. The van der Waals surface area contributed by atoms with Crippen LogP contribution in [0.1, 0.15) is 18.9 Å². The lowest BCUT2D eigenvalue weighted by atomic mass is 10.2. The molecule has 0 saturated carbocycles. The molecule has 0 radical (unpaired) electrons. The highest BCUT2D eigenvalue weighted by atomic mass is 32.1. The topological polar surface area (TPSA) is 96.2 Å². The number of likely N-dealkylation sites (tertiary alicyclic amines) is 1. The molecule has 3 amide bonds. The van der Waals surface area contributed by atoms with Crippen LogP contribution in [0, 0.1) is 10.1 Å². The van der Waals surface area contributed by atoms with Gasteiger partial charge in [0, 0.05) is 50.1 Å². The Bertz CT molecular complexity index is 744. The number of rotatable bonds is 6. The Morgan fingerprint density at radius 3 is 2.57 bits per heavy atom. The van der Waals surface area contributed by atoms with Crippen molar-refractivity contribution in [1.82, 2.24) is 14.7 Å². The third kappa shape index (κ3) is 4.49. The molecule has 3 rings (SSSR count). The van der Waals surface area contributed by atoms with E-state index in [1.807, 2.05) is 6.92 Å². The largest absolute Gasteiger partial charge is 0.445 e. The smallest absolute Gasteiger partial charge is 0.410 e. The van der Waals surface area contributed by atoms with Gasteiger partial charge in [0.05, 0.1) is 11.0 Å². The molecule has 0 N–H and O–H groups in total. The molecule has 2 unspecified atom stereocenters. The third-order valence-corrected chi connectivity index (χ3v) is 5.50. The van der Waals surface area contributed by atoms with Crippen LogP contribution in [0.25, 0.3) is 0 Å². The number of nitrogens with zero attached hydrogens (tertiary/aromatic N) is 4. The summed E-state index contributed by atoms with van der Waals surface area (Å²) < 4.78 is 5.39. The summed E-state index contributed by atoms with van der Waals surface area (Å²) in [4.78, 5) is 40.3. The van der Waals surface area contributed by atoms with Crippen molar-refractivity contribution < 1.29 is 19.2 Å². The minimum Gasteiger partial charge on any atom is -0.445 e. The van der Waals surface area contributed by atoms with Crippen molar-refractivity contribution in [2.45, 2.75) is 31.2 Å². The highest BCUT2D eigenvalue weighted by molar-refractivity contribution is 7.81. The van der Waals surface area contributed by atoms with Crippen LogP contribution in [0.15, 0.2) is 24.3 Å². The summed E-state index contributed by atoms with van der Waals surface area (Å²) in [5.41, 5.74) is 0.662. The van der Waals surface area contributed by atoms with Crippen LogP contribution < -0.4 is 0 Å². The van der Waals surface area contributed by atoms with Crippen molar-refractivity contribution in [1.29, 1.82) is 0 Å². The van der Waals surface area contributed by atoms with Crippen LogP contribution in [-0.4, -0.2) is 75.8 Å². The lowest BCUT2D eigenvalue weighted by molar-refractivity contribution is -0.384. The number of likely N-dealkylation sites (N-methyl/N-ethyl adjacent to an activating group) is 1. The first-order chi connectivity index (χ1) is 13.4. The summed E-state index contributed by atoms with van der Waals surface area (Å²) in [6.45, 7) is 4.96. The number of nitro groups is 1. The molecule has 2 fully saturated rings. The Morgan fingerprint density at radius 1 is 1.29 bits per heavy atom. The maximum Gasteiger partial charge on any atom is 0.410 e. The standard InChI is InChI=1S/C18H24N4O5S/c1-2-19-7-8-20(17(19)23)10-15-9-16(28)11-21(15)18(24)27-12-13-3-5-14(6-4-13)22(25)26/h3-6,15-16,28H,2,7-12H2,1H3. The highest BCUT2D eigenvalue weighted by Crippen LogP contribution is 2.25. The van der Waals surface area contributed by atoms with E-state index in [0.717, 1.165) is 0 Å². The molecule has 2 saturated heterocycles. The molecular formula is C18H24N4O5S. The van der Waals surface area contributed by atoms with Gasteiger partial charge in [-0.1, -0.05) is 0 Å². The van der Waals surface area contributed by atoms with Gasteiger partial charge < -0.3 is 19.4 Å². The number of nitro benzene ring substituents is 1. The molecule has 2 heterocycles. The molecule has 28 heavy (non-hydrogen) atoms. The van der Waals surface area contributed by atoms with Crippen LogP contribution in [-0.2, 0) is 11.3 Å². The molecule has 10 heteroatoms. The van der Waals surface area contributed by atoms with Crippen molar-refractivity contribution in [2.75, 3.05) is 32.7 Å². The van der Waals surface area contributed by atoms with Crippen molar-refractivity contribution in [3.63, 3.8) is 0 Å². The number of amides is 3. The Labute approximate surface area is 168 Å². The second-order valence-corrected chi connectivity index (χ2v) is 7.71. The molecule has 0 aromatic heterocycles. The first-order valence-corrected chi connectivity index (χ1v) is 9.79. The van der Waals surface area contributed by atoms with Crippen LogP contribution in [0.5, 0.6) is 0 Å². The lowest BCUT2D eigenvalue weighted by Gasteiger charge is -2.27. The minimum atomic E-state index is -0.475. The van der Waals surface area contributed by atoms with Gasteiger partial charge in [-0.25, -0.2) is 9.59 Å². The number of thiol groups is 1. The minimum absolute atomic E-state index is 0.00399. The summed E-state index contributed by atoms with van der Waals surface area (Å²) in [5, 5.41) is 10.7. The zero-order valence-electron chi connectivity index (χ0n) is 15.7. The fourth-order valence-corrected chi connectivity index (χ4v) is 4.00. The zero-order chi connectivity index (χ0) is 20.3. The van der Waals surface area contributed by atoms with Gasteiger partial charge in [-0.3, -0.25) is 10.1 Å². The molecule has 9 nitrogen and oxygen atoms in total. The van der Waals surface area contributed by atoms with Gasteiger partial charge in [-0.05, 0) is 31.0 Å². The van der Waals surface area contributed by atoms with E-state index >= 15 is 0 Å². The van der Waals surface area contributed by atoms with Crippen molar-refractivity contribution >= 4 is 30.4 Å². The fourth-order valence-electron chi connectivity index (χ4n) is 3.58. The van der Waals surface area contributed by atoms with Gasteiger partial charge in [-0.2, -0.15) is 12.6 Å². The van der Waals surface area contributed by atoms with Crippen LogP contribution in [0.3, 0.4) is 0 Å². The van der Waals surface area contributed by atoms with Gasteiger partial charge >= 0.3 is 12.1 Å². The van der Waals surface area contributed by atoms with E-state index in [-0.39, 0.29) is 29.6 Å². The summed E-state index contributed by atoms with van der Waals surface area (Å²) >= 11 is 4.50. The third-order valence-electron chi connectivity index (χ3n) is 5.13. The number of hydrogen-bond acceptors (Lipinski definition) is 6. The SMILES string of the molecule is CCN1CCN(CC2CC(S)CN2C(=O)OCc2ccc([N+](=O)[O-])cc2)C1=O. The number of carbonyl (C=O) groups excluding carboxylic acids is 2. The summed E-state index contributed by atoms with van der Waals surface area (Å²) in [5.74, 6) is 0. The number of hydrogen-bond donors (Lipinski definition) is 1. The first kappa shape index (κ1) is 20.2. The summed E-state index contributed by atoms with van der Waals surface area (Å²) in [6, 6.07) is 5.76. The van der Waals surface area contributed by atoms with E-state index in [9.17, 15) is 19.7 Å². The van der Waals surface area contributed by atoms with Gasteiger partial charge in [0.1, 0.15) is 6.61 Å². The Morgan fingerprint density at radius 2 is 1.96 bits per heavy atom. The Balaban J connectivity index is 1.56. The zero-order valence-corrected chi connectivity index (χ0v) is 16.6. The van der Waals surface area contributed by atoms with Crippen LogP contribution in [0.2, 0.25) is 0 Å². The lowest BCUT2D eigenvalue weighted by Crippen LogP contribution is -2.44. The van der Waals surface area contributed by atoms with Crippen molar-refractivity contribution in [3.8, 4) is 0 Å². The van der Waals surface area contributed by atoms with Gasteiger partial charge in [0.15, 0.2) is 0 Å². The highest BCUT2D eigenvalue weighted by Gasteiger charge is 2.38. The molecule has 0 aliphatic carbocycles. The maximum absolute atomic E-state index is 12.6. The van der Waals surface area contributed by atoms with Gasteiger partial charge in [-0.15, -0.1) is 0 Å². The van der Waals surface area contributed by atoms with E-state index in [4.69, 9.17) is 4.74 Å². The number of carbonyl (C=O) groups is 2. The van der Waals surface area contributed by atoms with E-state index < -0.39 is 11.0 Å². The fraction of sp³-hybridized carbons (Fsp3) is 0.556. The molecule has 1 aromatic carbocycles. The van der Waals surface area contributed by atoms with E-state index in [1.54, 1.807) is 26.8 Å². The van der Waals surface area contributed by atoms with E-state index in [2.05, 4.69) is 12.6 Å². The summed E-state index contributed by atoms with van der Waals surface area (Å²) in [6.07, 6.45) is 0.241. The number of non-ortho nitro benzene ring substituents is 1. The molecule has 2 aliphatic rings. The molecule has 2 aliphatic heterocycles. The maximum atomic E-state index is 12.6.